The van der Waals surface area contributed by atoms with Crippen LogP contribution in [0.2, 0.25) is 0 Å². The molecule has 14 heavy (non-hydrogen) atoms. The fourth-order valence-corrected chi connectivity index (χ4v) is 3.30. The van der Waals surface area contributed by atoms with Gasteiger partial charge in [-0.25, -0.2) is 0 Å². The van der Waals surface area contributed by atoms with E-state index in [-0.39, 0.29) is 11.6 Å². The van der Waals surface area contributed by atoms with Gasteiger partial charge in [-0.05, 0) is 18.8 Å². The lowest BCUT2D eigenvalue weighted by Gasteiger charge is -2.14. The number of rotatable bonds is 3. The monoisotopic (exact) mass is 246 g/mol. The first-order valence-electron chi connectivity index (χ1n) is 3.82. The topological polar surface area (TPSA) is 34.1 Å². The Hall–Kier alpha value is -0.130. The first-order chi connectivity index (χ1) is 6.65. The molecule has 0 heterocycles. The minimum atomic E-state index is -0.0502. The minimum Gasteiger partial charge on any atom is -0.289 e. The van der Waals surface area contributed by atoms with E-state index in [1.165, 1.54) is 41.4 Å². The van der Waals surface area contributed by atoms with Crippen LogP contribution in [-0.2, 0) is 9.59 Å². The molecule has 0 N–H and O–H groups in total. The van der Waals surface area contributed by atoms with Crippen LogP contribution in [0.4, 0.5) is 0 Å². The van der Waals surface area contributed by atoms with Gasteiger partial charge in [0, 0.05) is 6.08 Å². The Kier molecular flexibility index (Phi) is 4.34. The van der Waals surface area contributed by atoms with Crippen molar-refractivity contribution in [3.8, 4) is 0 Å². The first kappa shape index (κ1) is 11.9. The number of hydrogen-bond acceptors (Lipinski definition) is 5. The molecule has 2 nitrogen and oxygen atoms in total. The Morgan fingerprint density at radius 1 is 0.929 bits per heavy atom. The van der Waals surface area contributed by atoms with Crippen molar-refractivity contribution >= 4 is 46.9 Å². The van der Waals surface area contributed by atoms with Crippen molar-refractivity contribution in [2.45, 2.75) is 0 Å². The second-order valence-corrected chi connectivity index (χ2v) is 4.95. The molecule has 0 atom stereocenters. The molecule has 0 aromatic rings. The van der Waals surface area contributed by atoms with Crippen LogP contribution >= 0.6 is 35.3 Å². The third-order valence-corrected chi connectivity index (χ3v) is 4.23. The van der Waals surface area contributed by atoms with Gasteiger partial charge in [0.1, 0.15) is 0 Å². The number of carbonyl (C=O) groups excluding carboxylic acids is 2. The van der Waals surface area contributed by atoms with Crippen LogP contribution < -0.4 is 0 Å². The summed E-state index contributed by atoms with van der Waals surface area (Å²) < 4.78 is 0. The van der Waals surface area contributed by atoms with Gasteiger partial charge in [-0.1, -0.05) is 0 Å². The molecule has 5 heteroatoms. The predicted molar refractivity (Wildman–Crippen MR) is 65.7 cm³/mol. The number of carbonyl (C=O) groups is 2. The number of thioether (sulfide) groups is 3. The molecule has 0 fully saturated rings. The lowest BCUT2D eigenvalue weighted by molar-refractivity contribution is -0.114. The first-order valence-corrected chi connectivity index (χ1v) is 7.50. The molecule has 0 amide bonds. The van der Waals surface area contributed by atoms with Crippen LogP contribution in [-0.4, -0.2) is 30.3 Å². The maximum atomic E-state index is 11.8. The van der Waals surface area contributed by atoms with Crippen LogP contribution in [0.3, 0.4) is 0 Å². The molecule has 0 radical (unpaired) electrons. The summed E-state index contributed by atoms with van der Waals surface area (Å²) in [7, 11) is 0. The Bertz CT molecular complexity index is 342. The molecule has 1 aliphatic rings. The highest BCUT2D eigenvalue weighted by Crippen LogP contribution is 2.34. The van der Waals surface area contributed by atoms with E-state index < -0.39 is 0 Å². The largest absolute Gasteiger partial charge is 0.289 e. The maximum Gasteiger partial charge on any atom is 0.207 e. The van der Waals surface area contributed by atoms with Crippen molar-refractivity contribution in [2.75, 3.05) is 18.8 Å². The zero-order chi connectivity index (χ0) is 10.7. The van der Waals surface area contributed by atoms with E-state index in [4.69, 9.17) is 0 Å². The second kappa shape index (κ2) is 5.09. The SMILES string of the molecule is CSC1=CC(=O)C(SC)=C(SC)C1=O. The Labute approximate surface area is 96.0 Å². The summed E-state index contributed by atoms with van der Waals surface area (Å²) in [6.45, 7) is 0. The van der Waals surface area contributed by atoms with Crippen molar-refractivity contribution in [2.24, 2.45) is 0 Å². The van der Waals surface area contributed by atoms with E-state index in [9.17, 15) is 9.59 Å². The van der Waals surface area contributed by atoms with Crippen molar-refractivity contribution in [3.05, 3.63) is 20.8 Å². The number of Topliss-reactive ketones (excluding diaryl/α,β-unsaturated/α-hetero) is 1. The van der Waals surface area contributed by atoms with Crippen molar-refractivity contribution < 1.29 is 9.59 Å². The Morgan fingerprint density at radius 3 is 1.93 bits per heavy atom. The highest BCUT2D eigenvalue weighted by molar-refractivity contribution is 8.08. The normalized spacial score (nSPS) is 17.5. The maximum absolute atomic E-state index is 11.8. The number of allylic oxidation sites excluding steroid dienone is 4. The third-order valence-electron chi connectivity index (χ3n) is 1.75. The predicted octanol–water partition coefficient (Wildman–Crippen LogP) is 2.32. The van der Waals surface area contributed by atoms with E-state index in [2.05, 4.69) is 0 Å². The van der Waals surface area contributed by atoms with Gasteiger partial charge in [-0.2, -0.15) is 0 Å². The van der Waals surface area contributed by atoms with E-state index in [0.29, 0.717) is 14.7 Å². The fourth-order valence-electron chi connectivity index (χ4n) is 1.11. The van der Waals surface area contributed by atoms with Gasteiger partial charge in [0.2, 0.25) is 5.78 Å². The van der Waals surface area contributed by atoms with Crippen molar-refractivity contribution in [1.82, 2.24) is 0 Å². The van der Waals surface area contributed by atoms with Gasteiger partial charge in [0.25, 0.3) is 0 Å². The molecule has 0 aromatic heterocycles. The standard InChI is InChI=1S/C9H10O2S3/c1-12-6-4-5(10)8(13-2)9(14-3)7(6)11/h4H,1-3H3. The van der Waals surface area contributed by atoms with Gasteiger partial charge in [0.05, 0.1) is 14.7 Å². The van der Waals surface area contributed by atoms with E-state index >= 15 is 0 Å². The van der Waals surface area contributed by atoms with Crippen molar-refractivity contribution in [1.29, 1.82) is 0 Å². The average Bonchev–Trinajstić information content (AvgIpc) is 2.20. The molecule has 0 saturated heterocycles. The summed E-state index contributed by atoms with van der Waals surface area (Å²) in [5.74, 6) is -0.0697. The van der Waals surface area contributed by atoms with Gasteiger partial charge >= 0.3 is 0 Å². The minimum absolute atomic E-state index is 0.0195. The molecule has 0 aromatic carbocycles. The third kappa shape index (κ3) is 2.10. The van der Waals surface area contributed by atoms with E-state index in [0.717, 1.165) is 0 Å². The van der Waals surface area contributed by atoms with Crippen LogP contribution in [0.1, 0.15) is 0 Å². The lowest BCUT2D eigenvalue weighted by Crippen LogP contribution is -2.14. The summed E-state index contributed by atoms with van der Waals surface area (Å²) in [5.41, 5.74) is 0. The molecule has 0 aliphatic heterocycles. The summed E-state index contributed by atoms with van der Waals surface area (Å²) >= 11 is 4.00. The van der Waals surface area contributed by atoms with Crippen LogP contribution in [0.25, 0.3) is 0 Å². The Balaban J connectivity index is 3.17. The highest BCUT2D eigenvalue weighted by Gasteiger charge is 2.26. The summed E-state index contributed by atoms with van der Waals surface area (Å²) in [5, 5.41) is 0. The fraction of sp³-hybridized carbons (Fsp3) is 0.333. The second-order valence-electron chi connectivity index (χ2n) is 2.47. The van der Waals surface area contributed by atoms with Crippen LogP contribution in [0, 0.1) is 0 Å². The highest BCUT2D eigenvalue weighted by atomic mass is 32.2. The molecule has 0 unspecified atom stereocenters. The molecule has 1 aliphatic carbocycles. The zero-order valence-corrected chi connectivity index (χ0v) is 10.6. The van der Waals surface area contributed by atoms with E-state index in [1.807, 2.05) is 12.5 Å². The van der Waals surface area contributed by atoms with Crippen molar-refractivity contribution in [3.63, 3.8) is 0 Å². The Morgan fingerprint density at radius 2 is 1.50 bits per heavy atom. The van der Waals surface area contributed by atoms with Gasteiger partial charge in [-0.15, -0.1) is 35.3 Å². The zero-order valence-electron chi connectivity index (χ0n) is 8.12. The molecule has 0 bridgehead atoms. The van der Waals surface area contributed by atoms with Gasteiger partial charge < -0.3 is 0 Å². The van der Waals surface area contributed by atoms with Crippen LogP contribution in [0.5, 0.6) is 0 Å². The van der Waals surface area contributed by atoms with E-state index in [1.54, 1.807) is 6.26 Å². The smallest absolute Gasteiger partial charge is 0.207 e. The molecule has 0 saturated carbocycles. The molecule has 1 rings (SSSR count). The molecular weight excluding hydrogens is 236 g/mol. The number of ketones is 2. The van der Waals surface area contributed by atoms with Crippen LogP contribution in [0.15, 0.2) is 20.8 Å². The van der Waals surface area contributed by atoms with Gasteiger partial charge in [-0.3, -0.25) is 9.59 Å². The average molecular weight is 246 g/mol. The van der Waals surface area contributed by atoms with Gasteiger partial charge in [0.15, 0.2) is 5.78 Å². The quantitative estimate of drug-likeness (QED) is 0.714. The summed E-state index contributed by atoms with van der Waals surface area (Å²) in [6, 6.07) is 0. The molecule has 76 valence electrons. The number of hydrogen-bond donors (Lipinski definition) is 0. The summed E-state index contributed by atoms with van der Waals surface area (Å²) in [6.07, 6.45) is 6.87. The molecular formula is C9H10O2S3. The summed E-state index contributed by atoms with van der Waals surface area (Å²) in [4.78, 5) is 25.0. The molecule has 0 spiro atoms. The lowest BCUT2D eigenvalue weighted by atomic mass is 10.1.